The maximum atomic E-state index is 11.7. The van der Waals surface area contributed by atoms with Crippen LogP contribution in [0, 0.1) is 0 Å². The van der Waals surface area contributed by atoms with E-state index in [1.807, 2.05) is 0 Å². The van der Waals surface area contributed by atoms with Crippen molar-refractivity contribution >= 4 is 35.1 Å². The molecule has 0 saturated carbocycles. The summed E-state index contributed by atoms with van der Waals surface area (Å²) in [7, 11) is 1.52. The number of aliphatic hydroxyl groups is 1. The molecular weight excluding hydrogens is 319 g/mol. The number of ether oxygens (including phenoxy) is 1. The Bertz CT molecular complexity index is 547. The minimum atomic E-state index is -1.03. The normalized spacial score (nSPS) is 16.6. The molecule has 21 heavy (non-hydrogen) atoms. The number of hydrogen-bond donors (Lipinski definition) is 1. The van der Waals surface area contributed by atoms with E-state index < -0.39 is 12.1 Å². The summed E-state index contributed by atoms with van der Waals surface area (Å²) in [6.07, 6.45) is -1.03. The van der Waals surface area contributed by atoms with Gasteiger partial charge in [-0.3, -0.25) is 9.69 Å². The van der Waals surface area contributed by atoms with Gasteiger partial charge in [0.25, 0.3) is 0 Å². The van der Waals surface area contributed by atoms with Crippen molar-refractivity contribution in [2.75, 3.05) is 26.7 Å². The van der Waals surface area contributed by atoms with E-state index >= 15 is 0 Å². The van der Waals surface area contributed by atoms with E-state index in [9.17, 15) is 14.7 Å². The highest BCUT2D eigenvalue weighted by molar-refractivity contribution is 6.37. The number of imide groups is 1. The number of carbonyl (C=O) groups is 2. The van der Waals surface area contributed by atoms with E-state index in [1.165, 1.54) is 11.9 Å². The molecule has 1 heterocycles. The first-order valence-corrected chi connectivity index (χ1v) is 6.96. The summed E-state index contributed by atoms with van der Waals surface area (Å²) in [4.78, 5) is 25.5. The first kappa shape index (κ1) is 15.9. The Hall–Kier alpha value is -1.50. The largest absolute Gasteiger partial charge is 0.488 e. The van der Waals surface area contributed by atoms with Crippen LogP contribution in [0.5, 0.6) is 5.75 Å². The number of carbonyl (C=O) groups excluding carboxylic acids is 2. The molecule has 0 radical (unpaired) electrons. The van der Waals surface area contributed by atoms with Gasteiger partial charge in [0.05, 0.1) is 16.6 Å². The summed E-state index contributed by atoms with van der Waals surface area (Å²) in [6, 6.07) is 4.45. The predicted molar refractivity (Wildman–Crippen MR) is 77.7 cm³/mol. The van der Waals surface area contributed by atoms with Crippen molar-refractivity contribution in [3.8, 4) is 5.75 Å². The van der Waals surface area contributed by atoms with Crippen molar-refractivity contribution in [1.29, 1.82) is 0 Å². The number of para-hydroxylation sites is 1. The van der Waals surface area contributed by atoms with Crippen LogP contribution in [0.2, 0.25) is 10.0 Å². The zero-order valence-electron chi connectivity index (χ0n) is 11.3. The molecule has 1 aliphatic rings. The second-order valence-corrected chi connectivity index (χ2v) is 5.47. The lowest BCUT2D eigenvalue weighted by molar-refractivity contribution is -0.126. The number of benzene rings is 1. The number of amides is 3. The van der Waals surface area contributed by atoms with Gasteiger partial charge in [-0.05, 0) is 12.1 Å². The van der Waals surface area contributed by atoms with Crippen LogP contribution >= 0.6 is 23.2 Å². The smallest absolute Gasteiger partial charge is 0.327 e. The Morgan fingerprint density at radius 2 is 1.95 bits per heavy atom. The summed E-state index contributed by atoms with van der Waals surface area (Å²) in [5.74, 6) is -0.0894. The number of β-amino-alcohol motifs (C(OH)–C–C–N with tert-alkyl or cyclic N) is 1. The van der Waals surface area contributed by atoms with Crippen molar-refractivity contribution in [2.45, 2.75) is 6.10 Å². The molecular formula is C13H14Cl2N2O4. The van der Waals surface area contributed by atoms with E-state index in [2.05, 4.69) is 0 Å². The molecule has 1 saturated heterocycles. The van der Waals surface area contributed by atoms with E-state index in [0.717, 1.165) is 4.90 Å². The number of aliphatic hydroxyl groups excluding tert-OH is 1. The summed E-state index contributed by atoms with van der Waals surface area (Å²) in [5.41, 5.74) is 0. The molecule has 0 spiro atoms. The minimum absolute atomic E-state index is 0.0166. The van der Waals surface area contributed by atoms with Gasteiger partial charge >= 0.3 is 6.03 Å². The second kappa shape index (κ2) is 6.51. The average molecular weight is 333 g/mol. The van der Waals surface area contributed by atoms with Gasteiger partial charge in [-0.2, -0.15) is 0 Å². The Kier molecular flexibility index (Phi) is 4.92. The number of rotatable bonds is 5. The number of nitrogens with zero attached hydrogens (tertiary/aromatic N) is 2. The van der Waals surface area contributed by atoms with E-state index in [-0.39, 0.29) is 31.4 Å². The Balaban J connectivity index is 1.92. The molecule has 0 aromatic heterocycles. The van der Waals surface area contributed by atoms with Crippen molar-refractivity contribution in [1.82, 2.24) is 9.80 Å². The Morgan fingerprint density at radius 1 is 1.33 bits per heavy atom. The van der Waals surface area contributed by atoms with Crippen molar-refractivity contribution < 1.29 is 19.4 Å². The summed E-state index contributed by atoms with van der Waals surface area (Å²) < 4.78 is 5.36. The zero-order valence-corrected chi connectivity index (χ0v) is 12.8. The molecule has 1 aromatic rings. The third-order valence-electron chi connectivity index (χ3n) is 2.96. The molecule has 0 unspecified atom stereocenters. The maximum absolute atomic E-state index is 11.7. The fourth-order valence-electron chi connectivity index (χ4n) is 1.91. The fraction of sp³-hybridized carbons (Fsp3) is 0.385. The number of likely N-dealkylation sites (N-methyl/N-ethyl adjacent to an activating group) is 1. The number of halogens is 2. The molecule has 1 atom stereocenters. The zero-order chi connectivity index (χ0) is 15.6. The lowest BCUT2D eigenvalue weighted by atomic mass is 10.3. The van der Waals surface area contributed by atoms with Crippen molar-refractivity contribution in [3.63, 3.8) is 0 Å². The molecule has 6 nitrogen and oxygen atoms in total. The van der Waals surface area contributed by atoms with Crippen LogP contribution in [-0.4, -0.2) is 59.7 Å². The van der Waals surface area contributed by atoms with Gasteiger partial charge in [0.2, 0.25) is 5.91 Å². The SMILES string of the molecule is CN1CC(=O)N(C[C@@H](O)COc2c(Cl)cccc2Cl)C1=O. The summed E-state index contributed by atoms with van der Waals surface area (Å²) >= 11 is 11.9. The van der Waals surface area contributed by atoms with E-state index in [1.54, 1.807) is 18.2 Å². The monoisotopic (exact) mass is 332 g/mol. The predicted octanol–water partition coefficient (Wildman–Crippen LogP) is 1.63. The molecule has 1 aromatic carbocycles. The molecule has 1 N–H and O–H groups in total. The first-order chi connectivity index (χ1) is 9.90. The molecule has 2 rings (SSSR count). The third-order valence-corrected chi connectivity index (χ3v) is 3.56. The van der Waals surface area contributed by atoms with Crippen molar-refractivity contribution in [2.24, 2.45) is 0 Å². The lowest BCUT2D eigenvalue weighted by Crippen LogP contribution is -2.40. The van der Waals surface area contributed by atoms with Gasteiger partial charge in [-0.25, -0.2) is 4.79 Å². The molecule has 3 amide bonds. The third kappa shape index (κ3) is 3.58. The Morgan fingerprint density at radius 3 is 2.48 bits per heavy atom. The van der Waals surface area contributed by atoms with Gasteiger partial charge < -0.3 is 14.7 Å². The van der Waals surface area contributed by atoms with Crippen LogP contribution in [-0.2, 0) is 4.79 Å². The quantitative estimate of drug-likeness (QED) is 0.832. The van der Waals surface area contributed by atoms with Crippen LogP contribution in [0.25, 0.3) is 0 Å². The van der Waals surface area contributed by atoms with Gasteiger partial charge in [-0.15, -0.1) is 0 Å². The summed E-state index contributed by atoms with van der Waals surface area (Å²) in [6.45, 7) is -0.253. The maximum Gasteiger partial charge on any atom is 0.327 e. The van der Waals surface area contributed by atoms with Crippen LogP contribution in [0.15, 0.2) is 18.2 Å². The fourth-order valence-corrected chi connectivity index (χ4v) is 2.42. The molecule has 0 aliphatic carbocycles. The van der Waals surface area contributed by atoms with Gasteiger partial charge in [0, 0.05) is 7.05 Å². The van der Waals surface area contributed by atoms with Crippen LogP contribution in [0.1, 0.15) is 0 Å². The lowest BCUT2D eigenvalue weighted by Gasteiger charge is -2.19. The van der Waals surface area contributed by atoms with Crippen LogP contribution in [0.3, 0.4) is 0 Å². The number of urea groups is 1. The molecule has 114 valence electrons. The minimum Gasteiger partial charge on any atom is -0.488 e. The Labute approximate surface area is 131 Å². The molecule has 0 bridgehead atoms. The molecule has 8 heteroatoms. The highest BCUT2D eigenvalue weighted by Gasteiger charge is 2.34. The second-order valence-electron chi connectivity index (χ2n) is 4.66. The van der Waals surface area contributed by atoms with Crippen LogP contribution < -0.4 is 4.74 Å². The average Bonchev–Trinajstić information content (AvgIpc) is 2.65. The van der Waals surface area contributed by atoms with Crippen LogP contribution in [0.4, 0.5) is 4.79 Å². The van der Waals surface area contributed by atoms with Crippen molar-refractivity contribution in [3.05, 3.63) is 28.2 Å². The highest BCUT2D eigenvalue weighted by Crippen LogP contribution is 2.32. The van der Waals surface area contributed by atoms with E-state index in [0.29, 0.717) is 10.0 Å². The van der Waals surface area contributed by atoms with Gasteiger partial charge in [0.15, 0.2) is 5.75 Å². The highest BCUT2D eigenvalue weighted by atomic mass is 35.5. The summed E-state index contributed by atoms with van der Waals surface area (Å²) in [5, 5.41) is 10.5. The van der Waals surface area contributed by atoms with Gasteiger partial charge in [-0.1, -0.05) is 29.3 Å². The first-order valence-electron chi connectivity index (χ1n) is 6.20. The van der Waals surface area contributed by atoms with E-state index in [4.69, 9.17) is 27.9 Å². The molecule has 1 aliphatic heterocycles. The van der Waals surface area contributed by atoms with Gasteiger partial charge in [0.1, 0.15) is 19.3 Å². The topological polar surface area (TPSA) is 70.1 Å². The number of hydrogen-bond acceptors (Lipinski definition) is 4. The standard InChI is InChI=1S/C13H14Cl2N2O4/c1-16-6-11(19)17(13(16)20)5-8(18)7-21-12-9(14)3-2-4-10(12)15/h2-4,8,18H,5-7H2,1H3/t8-/m1/s1. The molecule has 1 fully saturated rings.